The maximum atomic E-state index is 5.39. The molecule has 0 radical (unpaired) electrons. The van der Waals surface area contributed by atoms with Gasteiger partial charge in [0.25, 0.3) is 0 Å². The highest BCUT2D eigenvalue weighted by Crippen LogP contribution is 2.22. The van der Waals surface area contributed by atoms with Gasteiger partial charge in [0.05, 0.1) is 12.4 Å². The van der Waals surface area contributed by atoms with Gasteiger partial charge in [-0.05, 0) is 26.0 Å². The van der Waals surface area contributed by atoms with Crippen LogP contribution in [0, 0.1) is 0 Å². The van der Waals surface area contributed by atoms with Gasteiger partial charge in [0, 0.05) is 6.61 Å². The topological polar surface area (TPSA) is 37.3 Å². The average molecular weight is 195 g/mol. The SMILES string of the molecule is CCOC(C)N1C=C2C=CC=NN2O1. The van der Waals surface area contributed by atoms with E-state index < -0.39 is 0 Å². The van der Waals surface area contributed by atoms with Gasteiger partial charge in [-0.2, -0.15) is 5.10 Å². The summed E-state index contributed by atoms with van der Waals surface area (Å²) >= 11 is 0. The molecule has 14 heavy (non-hydrogen) atoms. The summed E-state index contributed by atoms with van der Waals surface area (Å²) in [7, 11) is 0. The van der Waals surface area contributed by atoms with E-state index in [0.29, 0.717) is 6.61 Å². The fraction of sp³-hybridized carbons (Fsp3) is 0.444. The van der Waals surface area contributed by atoms with Crippen molar-refractivity contribution in [1.82, 2.24) is 10.2 Å². The molecule has 5 nitrogen and oxygen atoms in total. The summed E-state index contributed by atoms with van der Waals surface area (Å²) in [6.45, 7) is 4.53. The average Bonchev–Trinajstić information content (AvgIpc) is 2.61. The molecule has 0 aromatic heterocycles. The van der Waals surface area contributed by atoms with Crippen molar-refractivity contribution in [3.05, 3.63) is 24.0 Å². The molecule has 0 aromatic carbocycles. The number of hydrazone groups is 1. The Balaban J connectivity index is 2.03. The molecule has 0 spiro atoms. The third-order valence-electron chi connectivity index (χ3n) is 1.94. The van der Waals surface area contributed by atoms with Gasteiger partial charge in [-0.1, -0.05) is 0 Å². The van der Waals surface area contributed by atoms with Gasteiger partial charge in [0.2, 0.25) is 0 Å². The summed E-state index contributed by atoms with van der Waals surface area (Å²) in [5.41, 5.74) is 0.902. The molecule has 2 rings (SSSR count). The molecule has 0 amide bonds. The highest BCUT2D eigenvalue weighted by molar-refractivity contribution is 5.72. The van der Waals surface area contributed by atoms with E-state index in [-0.39, 0.29) is 6.23 Å². The monoisotopic (exact) mass is 195 g/mol. The van der Waals surface area contributed by atoms with E-state index in [1.54, 1.807) is 11.3 Å². The summed E-state index contributed by atoms with van der Waals surface area (Å²) in [5, 5.41) is 7.10. The van der Waals surface area contributed by atoms with Crippen molar-refractivity contribution in [2.24, 2.45) is 5.10 Å². The van der Waals surface area contributed by atoms with Crippen LogP contribution in [0.1, 0.15) is 13.8 Å². The second-order valence-electron chi connectivity index (χ2n) is 2.95. The van der Waals surface area contributed by atoms with Gasteiger partial charge >= 0.3 is 0 Å². The van der Waals surface area contributed by atoms with Crippen molar-refractivity contribution in [2.45, 2.75) is 20.1 Å². The number of hydroxylamine groups is 3. The summed E-state index contributed by atoms with van der Waals surface area (Å²) in [6, 6.07) is 0. The van der Waals surface area contributed by atoms with E-state index in [0.717, 1.165) is 5.70 Å². The van der Waals surface area contributed by atoms with Crippen LogP contribution in [0.25, 0.3) is 0 Å². The highest BCUT2D eigenvalue weighted by Gasteiger charge is 2.25. The minimum absolute atomic E-state index is 0.110. The highest BCUT2D eigenvalue weighted by atomic mass is 16.9. The third kappa shape index (κ3) is 1.64. The first-order valence-electron chi connectivity index (χ1n) is 4.62. The van der Waals surface area contributed by atoms with Crippen molar-refractivity contribution in [1.29, 1.82) is 0 Å². The van der Waals surface area contributed by atoms with Crippen molar-refractivity contribution in [2.75, 3.05) is 6.61 Å². The Morgan fingerprint density at radius 3 is 3.21 bits per heavy atom. The Kier molecular flexibility index (Phi) is 2.51. The summed E-state index contributed by atoms with van der Waals surface area (Å²) < 4.78 is 5.39. The molecule has 2 aliphatic heterocycles. The fourth-order valence-electron chi connectivity index (χ4n) is 1.26. The van der Waals surface area contributed by atoms with E-state index in [2.05, 4.69) is 5.10 Å². The van der Waals surface area contributed by atoms with Crippen molar-refractivity contribution in [3.8, 4) is 0 Å². The fourth-order valence-corrected chi connectivity index (χ4v) is 1.26. The molecule has 1 unspecified atom stereocenters. The zero-order valence-corrected chi connectivity index (χ0v) is 8.25. The first kappa shape index (κ1) is 9.23. The summed E-state index contributed by atoms with van der Waals surface area (Å²) in [6.07, 6.45) is 7.20. The number of rotatable bonds is 3. The first-order valence-corrected chi connectivity index (χ1v) is 4.62. The van der Waals surface area contributed by atoms with E-state index in [4.69, 9.17) is 9.68 Å². The molecule has 0 N–H and O–H groups in total. The lowest BCUT2D eigenvalue weighted by atomic mass is 10.4. The summed E-state index contributed by atoms with van der Waals surface area (Å²) in [4.78, 5) is 5.38. The van der Waals surface area contributed by atoms with E-state index in [9.17, 15) is 0 Å². The quantitative estimate of drug-likeness (QED) is 0.678. The van der Waals surface area contributed by atoms with Crippen LogP contribution in [0.3, 0.4) is 0 Å². The molecule has 5 heteroatoms. The minimum atomic E-state index is -0.110. The molecule has 1 atom stereocenters. The van der Waals surface area contributed by atoms with Crippen LogP contribution in [-0.2, 0) is 9.68 Å². The zero-order valence-electron chi connectivity index (χ0n) is 8.25. The van der Waals surface area contributed by atoms with Crippen LogP contribution in [-0.4, -0.2) is 29.3 Å². The van der Waals surface area contributed by atoms with Crippen LogP contribution in [0.5, 0.6) is 0 Å². The third-order valence-corrected chi connectivity index (χ3v) is 1.94. The van der Waals surface area contributed by atoms with Crippen molar-refractivity contribution >= 4 is 6.21 Å². The molecule has 0 aromatic rings. The van der Waals surface area contributed by atoms with Crippen LogP contribution in [0.4, 0.5) is 0 Å². The lowest BCUT2D eigenvalue weighted by molar-refractivity contribution is -0.310. The first-order chi connectivity index (χ1) is 6.81. The second-order valence-corrected chi connectivity index (χ2v) is 2.95. The van der Waals surface area contributed by atoms with Gasteiger partial charge < -0.3 is 4.74 Å². The van der Waals surface area contributed by atoms with Gasteiger partial charge in [-0.3, -0.25) is 0 Å². The Morgan fingerprint density at radius 2 is 2.50 bits per heavy atom. The van der Waals surface area contributed by atoms with E-state index in [1.165, 1.54) is 5.17 Å². The summed E-state index contributed by atoms with van der Waals surface area (Å²) in [5.74, 6) is 0. The number of hydrogen-bond donors (Lipinski definition) is 0. The second kappa shape index (κ2) is 3.81. The Labute approximate surface area is 82.8 Å². The van der Waals surface area contributed by atoms with Gasteiger partial charge in [-0.25, -0.2) is 5.06 Å². The van der Waals surface area contributed by atoms with Crippen LogP contribution in [0.2, 0.25) is 0 Å². The molecular weight excluding hydrogens is 182 g/mol. The largest absolute Gasteiger partial charge is 0.357 e. The lowest BCUT2D eigenvalue weighted by Crippen LogP contribution is -2.30. The standard InChI is InChI=1S/C9H13N3O2/c1-3-13-8(2)11-7-9-5-4-6-10-12(9)14-11/h4-8H,3H2,1-2H3. The molecule has 0 saturated carbocycles. The minimum Gasteiger partial charge on any atom is -0.357 e. The molecule has 2 heterocycles. The number of ether oxygens (including phenoxy) is 1. The number of hydrogen-bond acceptors (Lipinski definition) is 5. The molecule has 0 saturated heterocycles. The van der Waals surface area contributed by atoms with Gasteiger partial charge in [-0.15, -0.1) is 10.1 Å². The predicted octanol–water partition coefficient (Wildman–Crippen LogP) is 1.23. The normalized spacial score (nSPS) is 21.1. The predicted molar refractivity (Wildman–Crippen MR) is 51.6 cm³/mol. The smallest absolute Gasteiger partial charge is 0.153 e. The van der Waals surface area contributed by atoms with E-state index in [1.807, 2.05) is 32.2 Å². The van der Waals surface area contributed by atoms with Crippen molar-refractivity contribution < 1.29 is 9.68 Å². The number of allylic oxidation sites excluding steroid dienone is 2. The zero-order chi connectivity index (χ0) is 9.97. The molecule has 2 aliphatic rings. The Bertz CT molecular complexity index is 298. The number of fused-ring (bicyclic) bond motifs is 1. The maximum Gasteiger partial charge on any atom is 0.153 e. The lowest BCUT2D eigenvalue weighted by Gasteiger charge is -2.22. The number of nitrogens with zero attached hydrogens (tertiary/aromatic N) is 3. The molecule has 76 valence electrons. The van der Waals surface area contributed by atoms with E-state index >= 15 is 0 Å². The molecule has 0 aliphatic carbocycles. The van der Waals surface area contributed by atoms with Crippen LogP contribution >= 0.6 is 0 Å². The van der Waals surface area contributed by atoms with Crippen LogP contribution < -0.4 is 0 Å². The molecule has 0 fully saturated rings. The maximum absolute atomic E-state index is 5.39. The van der Waals surface area contributed by atoms with Crippen molar-refractivity contribution in [3.63, 3.8) is 0 Å². The van der Waals surface area contributed by atoms with Gasteiger partial charge in [0.15, 0.2) is 6.23 Å². The molecular formula is C9H13N3O2. The Hall–Kier alpha value is -1.33. The molecule has 0 bridgehead atoms. The van der Waals surface area contributed by atoms with Crippen LogP contribution in [0.15, 0.2) is 29.2 Å². The van der Waals surface area contributed by atoms with Gasteiger partial charge in [0.1, 0.15) is 5.70 Å². The Morgan fingerprint density at radius 1 is 1.64 bits per heavy atom.